The topological polar surface area (TPSA) is 99.5 Å². The first-order chi connectivity index (χ1) is 5.00. The summed E-state index contributed by atoms with van der Waals surface area (Å²) < 4.78 is 37.5. The third kappa shape index (κ3) is 1770. The van der Waals surface area contributed by atoms with Crippen LogP contribution in [0.4, 0.5) is 0 Å². The smallest absolute Gasteiger partial charge is 0 e. The van der Waals surface area contributed by atoms with E-state index in [4.69, 9.17) is 23.3 Å². The molecule has 0 rings (SSSR count). The van der Waals surface area contributed by atoms with Gasteiger partial charge in [0.25, 0.3) is 0 Å². The van der Waals surface area contributed by atoms with Gasteiger partial charge in [-0.2, -0.15) is 0 Å². The maximum absolute atomic E-state index is 7.50. The minimum atomic E-state index is 0. The second kappa shape index (κ2) is 2450. The van der Waals surface area contributed by atoms with Crippen molar-refractivity contribution in [1.29, 1.82) is 0 Å². The predicted molar refractivity (Wildman–Crippen MR) is 26.1 cm³/mol. The third-order valence-corrected chi connectivity index (χ3v) is 0. The monoisotopic (exact) mass is 253 g/mol. The molecule has 6 heteroatoms. The molecule has 0 bridgehead atoms. The van der Waals surface area contributed by atoms with Gasteiger partial charge in [0.05, 0.1) is 0 Å². The molecule has 12 heavy (non-hydrogen) atoms. The maximum atomic E-state index is 7.50. The Labute approximate surface area is 85.4 Å². The molecule has 0 amide bonds. The van der Waals surface area contributed by atoms with Crippen molar-refractivity contribution >= 4 is 0 Å². The van der Waals surface area contributed by atoms with Crippen molar-refractivity contribution in [2.24, 2.45) is 0 Å². The van der Waals surface area contributed by atoms with E-state index in [1.807, 2.05) is 0 Å². The van der Waals surface area contributed by atoms with Crippen LogP contribution in [-0.2, 0) is 44.3 Å². The molecular weight excluding hydrogens is 248 g/mol. The van der Waals surface area contributed by atoms with Crippen molar-refractivity contribution < 1.29 is 44.3 Å². The molecule has 0 aromatic heterocycles. The van der Waals surface area contributed by atoms with E-state index in [1.165, 1.54) is 0 Å². The van der Waals surface area contributed by atoms with Crippen molar-refractivity contribution in [1.82, 2.24) is 0 Å². The van der Waals surface area contributed by atoms with Crippen LogP contribution in [0.1, 0.15) is 0 Å². The molecule has 0 N–H and O–H groups in total. The summed E-state index contributed by atoms with van der Waals surface area (Å²) in [5, 5.41) is 0. The summed E-state index contributed by atoms with van der Waals surface area (Å²) in [5.74, 6) is 0. The SMILES string of the molecule is [C-]#[O+].[C-]#[O+].[C-]#[O+].[C-]#[O+].[C-]#[O+].[CH3-].[Mo]. The van der Waals surface area contributed by atoms with E-state index in [0.717, 1.165) is 0 Å². The zero-order chi connectivity index (χ0) is 10.0. The first-order valence-electron chi connectivity index (χ1n) is 1.02. The van der Waals surface area contributed by atoms with Crippen LogP contribution < -0.4 is 0 Å². The minimum absolute atomic E-state index is 0. The third-order valence-electron chi connectivity index (χ3n) is 0. The van der Waals surface area contributed by atoms with Crippen molar-refractivity contribution in [3.8, 4) is 0 Å². The zero-order valence-corrected chi connectivity index (χ0v) is 7.96. The van der Waals surface area contributed by atoms with Crippen molar-refractivity contribution in [3.63, 3.8) is 0 Å². The minimum Gasteiger partial charge on any atom is -0.358 e. The van der Waals surface area contributed by atoms with Crippen LogP contribution in [0.2, 0.25) is 0 Å². The molecule has 0 saturated carbocycles. The summed E-state index contributed by atoms with van der Waals surface area (Å²) in [6.45, 7) is 22.5. The Morgan fingerprint density at radius 2 is 0.417 bits per heavy atom. The van der Waals surface area contributed by atoms with Gasteiger partial charge in [0.1, 0.15) is 0 Å². The van der Waals surface area contributed by atoms with Gasteiger partial charge in [-0.25, -0.2) is 0 Å². The Balaban J connectivity index is -0.00000000500. The Hall–Kier alpha value is -0.612. The number of hydrogen-bond donors (Lipinski definition) is 0. The molecule has 0 aromatic carbocycles. The molecular formula is C6H3MoO5-. The van der Waals surface area contributed by atoms with E-state index < -0.39 is 0 Å². The predicted octanol–water partition coefficient (Wildman–Crippen LogP) is 0.260. The van der Waals surface area contributed by atoms with Crippen molar-refractivity contribution in [2.45, 2.75) is 0 Å². The standard InChI is InChI=1S/5CO.CH3.Mo/c5*1-2;;/h;;;;;1H3;/q;;;;;-1;. The van der Waals surface area contributed by atoms with Gasteiger partial charge in [-0.1, -0.05) is 0 Å². The summed E-state index contributed by atoms with van der Waals surface area (Å²) >= 11 is 0. The largest absolute Gasteiger partial charge is 0.358 e. The molecule has 5 nitrogen and oxygen atoms in total. The van der Waals surface area contributed by atoms with Gasteiger partial charge in [-0.05, 0) is 0 Å². The molecule has 0 fully saturated rings. The van der Waals surface area contributed by atoms with E-state index in [2.05, 4.69) is 33.3 Å². The second-order valence-electron chi connectivity index (χ2n) is 0. The van der Waals surface area contributed by atoms with Crippen LogP contribution in [-0.4, -0.2) is 0 Å². The summed E-state index contributed by atoms with van der Waals surface area (Å²) in [7, 11) is 0. The fourth-order valence-electron chi connectivity index (χ4n) is 0. The van der Waals surface area contributed by atoms with Crippen LogP contribution >= 0.6 is 0 Å². The first kappa shape index (κ1) is 63.8. The molecule has 0 saturated heterocycles. The normalized spacial score (nSPS) is 0.833. The van der Waals surface area contributed by atoms with E-state index in [1.54, 1.807) is 0 Å². The average molecular weight is 251 g/mol. The maximum Gasteiger partial charge on any atom is 0 e. The Kier molecular flexibility index (Phi) is 13000. The Morgan fingerprint density at radius 3 is 0.417 bits per heavy atom. The molecule has 0 atom stereocenters. The van der Waals surface area contributed by atoms with Crippen molar-refractivity contribution in [2.75, 3.05) is 0 Å². The molecule has 0 aliphatic carbocycles. The van der Waals surface area contributed by atoms with Crippen LogP contribution in [0.5, 0.6) is 0 Å². The van der Waals surface area contributed by atoms with Crippen LogP contribution in [0.15, 0.2) is 0 Å². The summed E-state index contributed by atoms with van der Waals surface area (Å²) in [6, 6.07) is 0. The Morgan fingerprint density at radius 1 is 0.417 bits per heavy atom. The van der Waals surface area contributed by atoms with Crippen LogP contribution in [0, 0.1) is 40.7 Å². The molecule has 0 radical (unpaired) electrons. The zero-order valence-electron chi connectivity index (χ0n) is 5.95. The van der Waals surface area contributed by atoms with Gasteiger partial charge in [0, 0.05) is 21.1 Å². The molecule has 0 aliphatic rings. The Bertz CT molecular complexity index is 74.5. The quantitative estimate of drug-likeness (QED) is 0.335. The molecule has 0 aliphatic heterocycles. The fraction of sp³-hybridized carbons (Fsp3) is 0. The van der Waals surface area contributed by atoms with Crippen LogP contribution in [0.3, 0.4) is 0 Å². The summed E-state index contributed by atoms with van der Waals surface area (Å²) in [5.41, 5.74) is 0. The first-order valence-corrected chi connectivity index (χ1v) is 1.02. The van der Waals surface area contributed by atoms with Crippen LogP contribution in [0.25, 0.3) is 0 Å². The molecule has 0 aromatic rings. The molecule has 0 heterocycles. The number of hydrogen-bond acceptors (Lipinski definition) is 0. The molecule has 0 unspecified atom stereocenters. The summed E-state index contributed by atoms with van der Waals surface area (Å²) in [4.78, 5) is 0. The van der Waals surface area contributed by atoms with Gasteiger partial charge in [-0.3, -0.25) is 0 Å². The van der Waals surface area contributed by atoms with Gasteiger partial charge in [0.2, 0.25) is 0 Å². The number of rotatable bonds is 0. The fourth-order valence-corrected chi connectivity index (χ4v) is 0. The van der Waals surface area contributed by atoms with Gasteiger partial charge in [0.15, 0.2) is 0 Å². The van der Waals surface area contributed by atoms with Gasteiger partial charge < -0.3 is 7.43 Å². The van der Waals surface area contributed by atoms with Gasteiger partial charge in [-0.15, -0.1) is 0 Å². The van der Waals surface area contributed by atoms with E-state index in [0.29, 0.717) is 0 Å². The second-order valence-corrected chi connectivity index (χ2v) is 0. The average Bonchev–Trinajstić information content (AvgIpc) is 2.20. The van der Waals surface area contributed by atoms with E-state index in [9.17, 15) is 0 Å². The van der Waals surface area contributed by atoms with E-state index in [-0.39, 0.29) is 28.5 Å². The molecule has 0 spiro atoms. The van der Waals surface area contributed by atoms with E-state index >= 15 is 0 Å². The molecule has 64 valence electrons. The van der Waals surface area contributed by atoms with Crippen molar-refractivity contribution in [3.05, 3.63) is 40.7 Å². The van der Waals surface area contributed by atoms with Gasteiger partial charge >= 0.3 is 56.5 Å². The summed E-state index contributed by atoms with van der Waals surface area (Å²) in [6.07, 6.45) is 0.